The third kappa shape index (κ3) is 3.72. The van der Waals surface area contributed by atoms with Crippen LogP contribution in [-0.2, 0) is 6.54 Å². The summed E-state index contributed by atoms with van der Waals surface area (Å²) >= 11 is 3.51. The van der Waals surface area contributed by atoms with Crippen molar-refractivity contribution in [1.29, 1.82) is 0 Å². The Labute approximate surface area is 119 Å². The van der Waals surface area contributed by atoms with Crippen LogP contribution in [0.5, 0.6) is 0 Å². The van der Waals surface area contributed by atoms with E-state index in [1.54, 1.807) is 0 Å². The van der Waals surface area contributed by atoms with E-state index in [0.29, 0.717) is 0 Å². The molecule has 0 spiro atoms. The van der Waals surface area contributed by atoms with Gasteiger partial charge in [-0.25, -0.2) is 0 Å². The molecule has 0 atom stereocenters. The van der Waals surface area contributed by atoms with Gasteiger partial charge in [-0.15, -0.1) is 0 Å². The number of hydrogen-bond donors (Lipinski definition) is 1. The lowest BCUT2D eigenvalue weighted by Gasteiger charge is -2.33. The van der Waals surface area contributed by atoms with E-state index in [1.165, 1.54) is 31.5 Å². The summed E-state index contributed by atoms with van der Waals surface area (Å²) in [5.74, 6) is 1.74. The molecule has 18 heavy (non-hydrogen) atoms. The highest BCUT2D eigenvalue weighted by molar-refractivity contribution is 9.10. The molecule has 2 N–H and O–H groups in total. The number of nitrogens with zero attached hydrogens (tertiary/aromatic N) is 1. The van der Waals surface area contributed by atoms with Gasteiger partial charge in [0.1, 0.15) is 0 Å². The van der Waals surface area contributed by atoms with Gasteiger partial charge in [-0.05, 0) is 61.5 Å². The van der Waals surface area contributed by atoms with Gasteiger partial charge in [-0.1, -0.05) is 29.8 Å². The molecule has 1 aromatic rings. The molecule has 2 rings (SSSR count). The van der Waals surface area contributed by atoms with Crippen LogP contribution in [0.1, 0.15) is 32.3 Å². The molecular weight excluding hydrogens is 288 g/mol. The van der Waals surface area contributed by atoms with Gasteiger partial charge < -0.3 is 5.73 Å². The number of halogens is 1. The van der Waals surface area contributed by atoms with Gasteiger partial charge in [0.25, 0.3) is 0 Å². The number of nitrogens with two attached hydrogens (primary N) is 1. The number of rotatable bonds is 3. The molecule has 0 bridgehead atoms. The van der Waals surface area contributed by atoms with Gasteiger partial charge >= 0.3 is 0 Å². The monoisotopic (exact) mass is 310 g/mol. The van der Waals surface area contributed by atoms with E-state index < -0.39 is 0 Å². The predicted molar refractivity (Wildman–Crippen MR) is 81.4 cm³/mol. The van der Waals surface area contributed by atoms with E-state index in [-0.39, 0.29) is 0 Å². The Hall–Kier alpha value is -0.540. The van der Waals surface area contributed by atoms with Crippen molar-refractivity contribution >= 4 is 21.6 Å². The van der Waals surface area contributed by atoms with E-state index in [1.807, 2.05) is 6.07 Å². The van der Waals surface area contributed by atoms with Crippen molar-refractivity contribution in [2.24, 2.45) is 11.8 Å². The third-order valence-electron chi connectivity index (χ3n) is 3.96. The minimum absolute atomic E-state index is 0.827. The zero-order valence-electron chi connectivity index (χ0n) is 11.3. The normalized spacial score (nSPS) is 18.4. The third-order valence-corrected chi connectivity index (χ3v) is 4.42. The van der Waals surface area contributed by atoms with Crippen LogP contribution in [0.15, 0.2) is 22.7 Å². The fourth-order valence-electron chi connectivity index (χ4n) is 2.80. The Morgan fingerprint density at radius 3 is 2.50 bits per heavy atom. The van der Waals surface area contributed by atoms with Crippen molar-refractivity contribution in [1.82, 2.24) is 4.90 Å². The first-order valence-electron chi connectivity index (χ1n) is 6.82. The molecule has 0 aromatic heterocycles. The fourth-order valence-corrected chi connectivity index (χ4v) is 3.36. The number of benzene rings is 1. The highest BCUT2D eigenvalue weighted by atomic mass is 79.9. The molecule has 100 valence electrons. The van der Waals surface area contributed by atoms with Crippen molar-refractivity contribution in [3.8, 4) is 0 Å². The van der Waals surface area contributed by atoms with Crippen molar-refractivity contribution in [2.75, 3.05) is 18.8 Å². The summed E-state index contributed by atoms with van der Waals surface area (Å²) in [6.45, 7) is 8.14. The first kappa shape index (κ1) is 13.9. The Bertz CT molecular complexity index is 375. The second-order valence-electron chi connectivity index (χ2n) is 5.75. The lowest BCUT2D eigenvalue weighted by Crippen LogP contribution is -2.34. The van der Waals surface area contributed by atoms with E-state index in [0.717, 1.165) is 28.5 Å². The molecule has 0 unspecified atom stereocenters. The highest BCUT2D eigenvalue weighted by Gasteiger charge is 2.21. The summed E-state index contributed by atoms with van der Waals surface area (Å²) in [5.41, 5.74) is 8.03. The number of hydrogen-bond acceptors (Lipinski definition) is 2. The number of piperidine rings is 1. The molecule has 2 nitrogen and oxygen atoms in total. The van der Waals surface area contributed by atoms with E-state index in [4.69, 9.17) is 5.73 Å². The van der Waals surface area contributed by atoms with Gasteiger partial charge in [0.05, 0.1) is 0 Å². The van der Waals surface area contributed by atoms with Gasteiger partial charge in [0.15, 0.2) is 0 Å². The van der Waals surface area contributed by atoms with Crippen LogP contribution < -0.4 is 5.73 Å². The molecule has 1 fully saturated rings. The Balaban J connectivity index is 1.91. The minimum atomic E-state index is 0.827. The molecule has 0 amide bonds. The second kappa shape index (κ2) is 6.07. The SMILES string of the molecule is CC(C)C1CCN(Cc2cc(N)cc(Br)c2)CC1. The molecule has 3 heteroatoms. The van der Waals surface area contributed by atoms with Crippen LogP contribution >= 0.6 is 15.9 Å². The standard InChI is InChI=1S/C15H23BrN2/c1-11(2)13-3-5-18(6-4-13)10-12-7-14(16)9-15(17)8-12/h7-9,11,13H,3-6,10,17H2,1-2H3. The molecular formula is C15H23BrN2. The summed E-state index contributed by atoms with van der Waals surface area (Å²) in [4.78, 5) is 2.54. The van der Waals surface area contributed by atoms with E-state index >= 15 is 0 Å². The zero-order chi connectivity index (χ0) is 13.1. The number of anilines is 1. The van der Waals surface area contributed by atoms with Gasteiger partial charge in [-0.2, -0.15) is 0 Å². The topological polar surface area (TPSA) is 29.3 Å². The quantitative estimate of drug-likeness (QED) is 0.858. The first-order valence-corrected chi connectivity index (χ1v) is 7.61. The smallest absolute Gasteiger partial charge is 0.0328 e. The maximum absolute atomic E-state index is 5.88. The Kier molecular flexibility index (Phi) is 4.68. The average molecular weight is 311 g/mol. The van der Waals surface area contributed by atoms with Crippen molar-refractivity contribution < 1.29 is 0 Å². The van der Waals surface area contributed by atoms with Gasteiger partial charge in [-0.3, -0.25) is 4.90 Å². The molecule has 1 aliphatic rings. The van der Waals surface area contributed by atoms with Crippen molar-refractivity contribution in [3.63, 3.8) is 0 Å². The van der Waals surface area contributed by atoms with Crippen LogP contribution in [-0.4, -0.2) is 18.0 Å². The maximum atomic E-state index is 5.88. The van der Waals surface area contributed by atoms with E-state index in [9.17, 15) is 0 Å². The molecule has 1 aromatic carbocycles. The molecule has 0 radical (unpaired) electrons. The molecule has 1 heterocycles. The number of likely N-dealkylation sites (tertiary alicyclic amines) is 1. The van der Waals surface area contributed by atoms with Crippen molar-refractivity contribution in [3.05, 3.63) is 28.2 Å². The summed E-state index contributed by atoms with van der Waals surface area (Å²) in [5, 5.41) is 0. The lowest BCUT2D eigenvalue weighted by molar-refractivity contribution is 0.152. The Morgan fingerprint density at radius 2 is 1.94 bits per heavy atom. The van der Waals surface area contributed by atoms with Crippen LogP contribution in [0.3, 0.4) is 0 Å². The fraction of sp³-hybridized carbons (Fsp3) is 0.600. The summed E-state index contributed by atoms with van der Waals surface area (Å²) in [7, 11) is 0. The van der Waals surface area contributed by atoms with Gasteiger partial charge in [0, 0.05) is 16.7 Å². The van der Waals surface area contributed by atoms with E-state index in [2.05, 4.69) is 46.8 Å². The average Bonchev–Trinajstić information content (AvgIpc) is 2.28. The van der Waals surface area contributed by atoms with Gasteiger partial charge in [0.2, 0.25) is 0 Å². The van der Waals surface area contributed by atoms with Crippen LogP contribution in [0.4, 0.5) is 5.69 Å². The molecule has 1 aliphatic heterocycles. The minimum Gasteiger partial charge on any atom is -0.399 e. The summed E-state index contributed by atoms with van der Waals surface area (Å²) in [6, 6.07) is 6.21. The predicted octanol–water partition coefficient (Wildman–Crippen LogP) is 3.90. The van der Waals surface area contributed by atoms with Crippen molar-refractivity contribution in [2.45, 2.75) is 33.2 Å². The number of nitrogen functional groups attached to an aromatic ring is 1. The first-order chi connectivity index (χ1) is 8.54. The summed E-state index contributed by atoms with van der Waals surface area (Å²) in [6.07, 6.45) is 2.67. The highest BCUT2D eigenvalue weighted by Crippen LogP contribution is 2.26. The van der Waals surface area contributed by atoms with Crippen LogP contribution in [0, 0.1) is 11.8 Å². The lowest BCUT2D eigenvalue weighted by atomic mass is 9.86. The largest absolute Gasteiger partial charge is 0.399 e. The second-order valence-corrected chi connectivity index (χ2v) is 6.67. The summed E-state index contributed by atoms with van der Waals surface area (Å²) < 4.78 is 1.08. The molecule has 0 saturated carbocycles. The zero-order valence-corrected chi connectivity index (χ0v) is 12.9. The molecule has 1 saturated heterocycles. The Morgan fingerprint density at radius 1 is 1.28 bits per heavy atom. The maximum Gasteiger partial charge on any atom is 0.0328 e. The molecule has 0 aliphatic carbocycles. The van der Waals surface area contributed by atoms with Crippen LogP contribution in [0.2, 0.25) is 0 Å². The van der Waals surface area contributed by atoms with Crippen LogP contribution in [0.25, 0.3) is 0 Å².